The van der Waals surface area contributed by atoms with Gasteiger partial charge in [0.05, 0.1) is 18.4 Å². The van der Waals surface area contributed by atoms with E-state index >= 15 is 0 Å². The van der Waals surface area contributed by atoms with Crippen molar-refractivity contribution >= 4 is 17.7 Å². The van der Waals surface area contributed by atoms with Crippen molar-refractivity contribution in [3.05, 3.63) is 30.1 Å². The van der Waals surface area contributed by atoms with E-state index in [4.69, 9.17) is 4.74 Å². The number of rotatable bonds is 7. The van der Waals surface area contributed by atoms with Gasteiger partial charge in [0.15, 0.2) is 11.0 Å². The maximum atomic E-state index is 13.4. The molecule has 0 radical (unpaired) electrons. The summed E-state index contributed by atoms with van der Waals surface area (Å²) in [6, 6.07) is 6.52. The van der Waals surface area contributed by atoms with E-state index in [1.165, 1.54) is 36.7 Å². The zero-order valence-corrected chi connectivity index (χ0v) is 20.5. The summed E-state index contributed by atoms with van der Waals surface area (Å²) >= 11 is 1.41. The Morgan fingerprint density at radius 2 is 2.03 bits per heavy atom. The smallest absolute Gasteiger partial charge is 0.230 e. The van der Waals surface area contributed by atoms with Gasteiger partial charge in [-0.3, -0.25) is 9.36 Å². The standard InChI is InChI=1S/C25H33FN4O2S/c1-24(2)17-10-11-25(24,3)20(13-17)27-21(31)15-33-23-29-28-22(16-6-8-18(26)9-7-16)30(23)14-19-5-4-12-32-19/h6-9,17,19-20H,4-5,10-15H2,1-3H3,(H,27,31)/t17-,19-,20+,25-/m0/s1. The Kier molecular flexibility index (Phi) is 6.02. The third-order valence-electron chi connectivity index (χ3n) is 8.69. The first-order chi connectivity index (χ1) is 15.8. The Morgan fingerprint density at radius 3 is 2.67 bits per heavy atom. The molecule has 2 saturated carbocycles. The van der Waals surface area contributed by atoms with Gasteiger partial charge in [-0.1, -0.05) is 32.5 Å². The summed E-state index contributed by atoms with van der Waals surface area (Å²) in [4.78, 5) is 12.9. The number of carbonyl (C=O) groups is 1. The topological polar surface area (TPSA) is 69.0 Å². The summed E-state index contributed by atoms with van der Waals surface area (Å²) in [5, 5.41) is 12.8. The second kappa shape index (κ2) is 8.69. The average molecular weight is 473 g/mol. The first kappa shape index (κ1) is 22.8. The molecule has 8 heteroatoms. The minimum Gasteiger partial charge on any atom is -0.376 e. The van der Waals surface area contributed by atoms with Crippen LogP contribution in [0.15, 0.2) is 29.4 Å². The van der Waals surface area contributed by atoms with E-state index in [2.05, 4.69) is 36.3 Å². The molecule has 2 aromatic rings. The third kappa shape index (κ3) is 4.09. The lowest BCUT2D eigenvalue weighted by molar-refractivity contribution is -0.120. The van der Waals surface area contributed by atoms with Crippen molar-refractivity contribution in [3.8, 4) is 11.4 Å². The quantitative estimate of drug-likeness (QED) is 0.593. The maximum absolute atomic E-state index is 13.4. The number of ether oxygens (including phenoxy) is 1. The van der Waals surface area contributed by atoms with Gasteiger partial charge in [0, 0.05) is 18.2 Å². The molecule has 1 aromatic heterocycles. The van der Waals surface area contributed by atoms with E-state index in [9.17, 15) is 9.18 Å². The fourth-order valence-corrected chi connectivity index (χ4v) is 6.91. The van der Waals surface area contributed by atoms with Gasteiger partial charge in [-0.05, 0) is 73.1 Å². The molecule has 4 atom stereocenters. The number of carbonyl (C=O) groups excluding carboxylic acids is 1. The van der Waals surface area contributed by atoms with Crippen LogP contribution >= 0.6 is 11.8 Å². The van der Waals surface area contributed by atoms with E-state index in [0.717, 1.165) is 31.4 Å². The Balaban J connectivity index is 1.29. The molecule has 1 saturated heterocycles. The number of amides is 1. The molecule has 5 rings (SSSR count). The van der Waals surface area contributed by atoms with Gasteiger partial charge < -0.3 is 10.1 Å². The summed E-state index contributed by atoms with van der Waals surface area (Å²) in [6.45, 7) is 8.44. The molecule has 178 valence electrons. The second-order valence-corrected chi connectivity index (χ2v) is 11.5. The lowest BCUT2D eigenvalue weighted by Crippen LogP contribution is -2.47. The van der Waals surface area contributed by atoms with Gasteiger partial charge in [-0.15, -0.1) is 10.2 Å². The number of halogens is 1. The first-order valence-electron chi connectivity index (χ1n) is 12.0. The fourth-order valence-electron chi connectivity index (χ4n) is 6.15. The number of fused-ring (bicyclic) bond motifs is 2. The molecular weight excluding hydrogens is 439 g/mol. The molecule has 2 heterocycles. The molecule has 1 aliphatic heterocycles. The van der Waals surface area contributed by atoms with Gasteiger partial charge in [0.25, 0.3) is 0 Å². The van der Waals surface area contributed by atoms with Crippen molar-refractivity contribution in [1.82, 2.24) is 20.1 Å². The van der Waals surface area contributed by atoms with Gasteiger partial charge in [0.1, 0.15) is 5.82 Å². The van der Waals surface area contributed by atoms with Crippen molar-refractivity contribution in [2.45, 2.75) is 76.7 Å². The maximum Gasteiger partial charge on any atom is 0.230 e. The normalized spacial score (nSPS) is 30.1. The summed E-state index contributed by atoms with van der Waals surface area (Å²) < 4.78 is 21.3. The summed E-state index contributed by atoms with van der Waals surface area (Å²) in [5.41, 5.74) is 1.23. The Labute approximate surface area is 199 Å². The largest absolute Gasteiger partial charge is 0.376 e. The Morgan fingerprint density at radius 1 is 1.24 bits per heavy atom. The van der Waals surface area contributed by atoms with E-state index in [1.807, 2.05) is 4.57 Å². The SMILES string of the molecule is CC1(C)[C@H]2CC[C@@]1(C)[C@H](NC(=O)CSc1nnc(-c3ccc(F)cc3)n1C[C@@H]1CCCO1)C2. The van der Waals surface area contributed by atoms with E-state index in [-0.39, 0.29) is 34.7 Å². The highest BCUT2D eigenvalue weighted by molar-refractivity contribution is 7.99. The number of hydrogen-bond acceptors (Lipinski definition) is 5. The summed E-state index contributed by atoms with van der Waals surface area (Å²) in [5.74, 6) is 1.42. The third-order valence-corrected chi connectivity index (χ3v) is 9.66. The number of hydrogen-bond donors (Lipinski definition) is 1. The monoisotopic (exact) mass is 472 g/mol. The highest BCUT2D eigenvalue weighted by atomic mass is 32.2. The van der Waals surface area contributed by atoms with Crippen LogP contribution in [0.2, 0.25) is 0 Å². The fraction of sp³-hybridized carbons (Fsp3) is 0.640. The Bertz CT molecular complexity index is 1020. The molecule has 1 amide bonds. The predicted molar refractivity (Wildman–Crippen MR) is 126 cm³/mol. The molecule has 3 aliphatic rings. The van der Waals surface area contributed by atoms with Crippen LogP contribution in [0.3, 0.4) is 0 Å². The molecule has 2 aliphatic carbocycles. The molecule has 33 heavy (non-hydrogen) atoms. The Hall–Kier alpha value is -1.93. The van der Waals surface area contributed by atoms with Crippen molar-refractivity contribution in [2.24, 2.45) is 16.7 Å². The van der Waals surface area contributed by atoms with Crippen molar-refractivity contribution in [1.29, 1.82) is 0 Å². The number of aromatic nitrogens is 3. The van der Waals surface area contributed by atoms with E-state index in [1.54, 1.807) is 12.1 Å². The molecule has 0 spiro atoms. The molecule has 1 N–H and O–H groups in total. The van der Waals surface area contributed by atoms with Gasteiger partial charge in [-0.2, -0.15) is 0 Å². The van der Waals surface area contributed by atoms with Gasteiger partial charge in [0.2, 0.25) is 5.91 Å². The van der Waals surface area contributed by atoms with Crippen LogP contribution in [0.25, 0.3) is 11.4 Å². The summed E-state index contributed by atoms with van der Waals surface area (Å²) in [7, 11) is 0. The minimum absolute atomic E-state index is 0.0459. The molecule has 3 fully saturated rings. The van der Waals surface area contributed by atoms with Crippen molar-refractivity contribution in [2.75, 3.05) is 12.4 Å². The van der Waals surface area contributed by atoms with Crippen LogP contribution in [0.5, 0.6) is 0 Å². The first-order valence-corrected chi connectivity index (χ1v) is 13.0. The second-order valence-electron chi connectivity index (χ2n) is 10.6. The van der Waals surface area contributed by atoms with Crippen LogP contribution < -0.4 is 5.32 Å². The number of nitrogens with zero attached hydrogens (tertiary/aromatic N) is 3. The minimum atomic E-state index is -0.285. The molecule has 1 aromatic carbocycles. The summed E-state index contributed by atoms with van der Waals surface area (Å²) in [6.07, 6.45) is 5.65. The van der Waals surface area contributed by atoms with Crippen LogP contribution in [0.1, 0.15) is 52.9 Å². The zero-order chi connectivity index (χ0) is 23.2. The average Bonchev–Trinajstić information content (AvgIpc) is 3.52. The predicted octanol–water partition coefficient (Wildman–Crippen LogP) is 4.69. The molecule has 6 nitrogen and oxygen atoms in total. The lowest BCUT2D eigenvalue weighted by atomic mass is 9.69. The zero-order valence-electron chi connectivity index (χ0n) is 19.6. The number of nitrogens with one attached hydrogen (secondary N) is 1. The highest BCUT2D eigenvalue weighted by Crippen LogP contribution is 2.65. The van der Waals surface area contributed by atoms with E-state index < -0.39 is 0 Å². The van der Waals surface area contributed by atoms with Crippen molar-refractivity contribution in [3.63, 3.8) is 0 Å². The molecule has 0 unspecified atom stereocenters. The van der Waals surface area contributed by atoms with Crippen LogP contribution in [0, 0.1) is 22.6 Å². The van der Waals surface area contributed by atoms with Crippen LogP contribution in [0.4, 0.5) is 4.39 Å². The van der Waals surface area contributed by atoms with E-state index in [0.29, 0.717) is 29.2 Å². The van der Waals surface area contributed by atoms with Crippen molar-refractivity contribution < 1.29 is 13.9 Å². The van der Waals surface area contributed by atoms with Gasteiger partial charge in [-0.25, -0.2) is 4.39 Å². The lowest BCUT2D eigenvalue weighted by Gasteiger charge is -2.39. The molecular formula is C25H33FN4O2S. The molecule has 2 bridgehead atoms. The van der Waals surface area contributed by atoms with Crippen LogP contribution in [-0.4, -0.2) is 45.2 Å². The highest BCUT2D eigenvalue weighted by Gasteiger charge is 2.61. The van der Waals surface area contributed by atoms with Crippen LogP contribution in [-0.2, 0) is 16.1 Å². The van der Waals surface area contributed by atoms with Gasteiger partial charge >= 0.3 is 0 Å². The number of benzene rings is 1. The number of thioether (sulfide) groups is 1.